The molecule has 4 aromatic rings. The average Bonchev–Trinajstić information content (AvgIpc) is 3.53. The van der Waals surface area contributed by atoms with Gasteiger partial charge < -0.3 is 24.4 Å². The fourth-order valence-electron chi connectivity index (χ4n) is 5.96. The van der Waals surface area contributed by atoms with Crippen molar-refractivity contribution in [2.45, 2.75) is 38.8 Å². The molecule has 6 rings (SSSR count). The molecule has 6 nitrogen and oxygen atoms in total. The summed E-state index contributed by atoms with van der Waals surface area (Å²) in [6.07, 6.45) is 4.21. The third-order valence-corrected chi connectivity index (χ3v) is 8.79. The first-order valence-electron chi connectivity index (χ1n) is 13.8. The van der Waals surface area contributed by atoms with Crippen LogP contribution in [0.2, 0.25) is 5.02 Å². The molecule has 40 heavy (non-hydrogen) atoms. The number of pyridine rings is 1. The van der Waals surface area contributed by atoms with Gasteiger partial charge in [0.2, 0.25) is 0 Å². The Kier molecular flexibility index (Phi) is 7.43. The number of hydrogen-bond acceptors (Lipinski definition) is 4. The van der Waals surface area contributed by atoms with Crippen LogP contribution in [0.5, 0.6) is 5.75 Å². The summed E-state index contributed by atoms with van der Waals surface area (Å²) in [6, 6.07) is 24.6. The van der Waals surface area contributed by atoms with Gasteiger partial charge >= 0.3 is 0 Å². The van der Waals surface area contributed by atoms with Gasteiger partial charge in [0.1, 0.15) is 11.8 Å². The predicted molar refractivity (Wildman–Crippen MR) is 167 cm³/mol. The molecular formula is C32H34ClN5OS. The van der Waals surface area contributed by atoms with Gasteiger partial charge in [-0.25, -0.2) is 0 Å². The maximum Gasteiger partial charge on any atom is 0.174 e. The molecule has 4 heterocycles. The van der Waals surface area contributed by atoms with Gasteiger partial charge in [0.05, 0.1) is 29.6 Å². The Hall–Kier alpha value is -3.55. The van der Waals surface area contributed by atoms with E-state index in [4.69, 9.17) is 33.5 Å². The lowest BCUT2D eigenvalue weighted by Gasteiger charge is -2.34. The zero-order valence-corrected chi connectivity index (χ0v) is 24.6. The SMILES string of the molecule is COc1ccc(-n2c(C)ccc2[C@@H]2[C@H](c3ccccn3)NC(=S)N2c2ccc(N3CCC(C)CC3)c(Cl)c2)cc1. The first-order chi connectivity index (χ1) is 19.4. The minimum atomic E-state index is -0.157. The van der Waals surface area contributed by atoms with E-state index in [1.807, 2.05) is 30.5 Å². The van der Waals surface area contributed by atoms with Gasteiger partial charge in [-0.1, -0.05) is 24.6 Å². The largest absolute Gasteiger partial charge is 0.497 e. The molecule has 2 fully saturated rings. The number of nitrogens with zero attached hydrogens (tertiary/aromatic N) is 4. The molecule has 2 aromatic carbocycles. The van der Waals surface area contributed by atoms with E-state index in [0.717, 1.165) is 63.9 Å². The molecule has 0 unspecified atom stereocenters. The molecule has 2 saturated heterocycles. The second-order valence-electron chi connectivity index (χ2n) is 10.7. The van der Waals surface area contributed by atoms with Gasteiger partial charge in [-0.3, -0.25) is 4.98 Å². The van der Waals surface area contributed by atoms with Crippen molar-refractivity contribution in [1.82, 2.24) is 14.9 Å². The Morgan fingerprint density at radius 1 is 0.975 bits per heavy atom. The quantitative estimate of drug-likeness (QED) is 0.246. The van der Waals surface area contributed by atoms with E-state index < -0.39 is 0 Å². The van der Waals surface area contributed by atoms with E-state index in [1.165, 1.54) is 12.8 Å². The molecule has 0 amide bonds. The van der Waals surface area contributed by atoms with E-state index in [1.54, 1.807) is 7.11 Å². The van der Waals surface area contributed by atoms with Crippen molar-refractivity contribution in [2.24, 2.45) is 5.92 Å². The average molecular weight is 572 g/mol. The zero-order chi connectivity index (χ0) is 27.8. The van der Waals surface area contributed by atoms with Crippen LogP contribution in [0.25, 0.3) is 5.69 Å². The second kappa shape index (κ2) is 11.1. The highest BCUT2D eigenvalue weighted by Crippen LogP contribution is 2.44. The molecule has 0 radical (unpaired) electrons. The van der Waals surface area contributed by atoms with Crippen LogP contribution < -0.4 is 19.9 Å². The van der Waals surface area contributed by atoms with Gasteiger partial charge in [-0.2, -0.15) is 0 Å². The fraction of sp³-hybridized carbons (Fsp3) is 0.312. The Bertz CT molecular complexity index is 1500. The van der Waals surface area contributed by atoms with Crippen LogP contribution in [-0.4, -0.2) is 34.9 Å². The third-order valence-electron chi connectivity index (χ3n) is 8.17. The molecule has 0 aliphatic carbocycles. The van der Waals surface area contributed by atoms with E-state index in [0.29, 0.717) is 5.11 Å². The van der Waals surface area contributed by atoms with Crippen molar-refractivity contribution < 1.29 is 4.74 Å². The number of ether oxygens (including phenoxy) is 1. The van der Waals surface area contributed by atoms with Crippen LogP contribution in [0.3, 0.4) is 0 Å². The van der Waals surface area contributed by atoms with Crippen LogP contribution in [-0.2, 0) is 0 Å². The van der Waals surface area contributed by atoms with Crippen molar-refractivity contribution in [3.63, 3.8) is 0 Å². The van der Waals surface area contributed by atoms with E-state index in [-0.39, 0.29) is 12.1 Å². The standard InChI is InChI=1S/C32H34ClN5OS/c1-21-15-18-36(19-16-21)28-14-10-24(20-26(28)33)38-31(30(35-32(38)40)27-6-4-5-17-34-27)29-13-7-22(2)37(29)23-8-11-25(39-3)12-9-23/h4-14,17,20-21,30-31H,15-16,18-19H2,1-3H3,(H,35,40)/t30-,31+/m0/s1. The van der Waals surface area contributed by atoms with Gasteiger partial charge in [0.25, 0.3) is 0 Å². The summed E-state index contributed by atoms with van der Waals surface area (Å²) >= 11 is 13.0. The van der Waals surface area contributed by atoms with E-state index in [9.17, 15) is 0 Å². The number of thiocarbonyl (C=S) groups is 1. The minimum Gasteiger partial charge on any atom is -0.497 e. The number of benzene rings is 2. The number of piperidine rings is 1. The number of methoxy groups -OCH3 is 1. The van der Waals surface area contributed by atoms with Gasteiger partial charge in [0, 0.05) is 42.0 Å². The number of rotatable bonds is 6. The summed E-state index contributed by atoms with van der Waals surface area (Å²) < 4.78 is 7.70. The molecular weight excluding hydrogens is 538 g/mol. The van der Waals surface area contributed by atoms with Gasteiger partial charge in [-0.05, 0) is 105 Å². The summed E-state index contributed by atoms with van der Waals surface area (Å²) in [4.78, 5) is 9.32. The topological polar surface area (TPSA) is 45.6 Å². The van der Waals surface area contributed by atoms with Crippen LogP contribution in [0.4, 0.5) is 11.4 Å². The van der Waals surface area contributed by atoms with Crippen LogP contribution in [0.1, 0.15) is 48.9 Å². The number of hydrogen-bond donors (Lipinski definition) is 1. The molecule has 0 spiro atoms. The van der Waals surface area contributed by atoms with E-state index >= 15 is 0 Å². The Balaban J connectivity index is 1.44. The minimum absolute atomic E-state index is 0.151. The number of halogens is 1. The van der Waals surface area contributed by atoms with Crippen molar-refractivity contribution in [2.75, 3.05) is 30.0 Å². The summed E-state index contributed by atoms with van der Waals surface area (Å²) in [5, 5.41) is 4.98. The highest BCUT2D eigenvalue weighted by molar-refractivity contribution is 7.80. The monoisotopic (exact) mass is 571 g/mol. The Morgan fingerprint density at radius 2 is 1.73 bits per heavy atom. The maximum atomic E-state index is 6.97. The van der Waals surface area contributed by atoms with Crippen molar-refractivity contribution in [3.05, 3.63) is 101 Å². The lowest BCUT2D eigenvalue weighted by atomic mass is 9.98. The van der Waals surface area contributed by atoms with Gasteiger partial charge in [-0.15, -0.1) is 0 Å². The fourth-order valence-corrected chi connectivity index (χ4v) is 6.60. The molecule has 0 bridgehead atoms. The van der Waals surface area contributed by atoms with Crippen LogP contribution in [0, 0.1) is 12.8 Å². The first-order valence-corrected chi connectivity index (χ1v) is 14.6. The highest BCUT2D eigenvalue weighted by Gasteiger charge is 2.42. The summed E-state index contributed by atoms with van der Waals surface area (Å²) in [5.74, 6) is 1.58. The summed E-state index contributed by atoms with van der Waals surface area (Å²) in [6.45, 7) is 6.51. The van der Waals surface area contributed by atoms with Gasteiger partial charge in [0.15, 0.2) is 5.11 Å². The number of aromatic nitrogens is 2. The first kappa shape index (κ1) is 26.7. The Morgan fingerprint density at radius 3 is 2.40 bits per heavy atom. The summed E-state index contributed by atoms with van der Waals surface area (Å²) in [7, 11) is 1.68. The molecule has 1 N–H and O–H groups in total. The van der Waals surface area contributed by atoms with E-state index in [2.05, 4.69) is 82.1 Å². The molecule has 0 saturated carbocycles. The normalized spacial score (nSPS) is 19.6. The van der Waals surface area contributed by atoms with Crippen LogP contribution in [0.15, 0.2) is 79.0 Å². The molecule has 2 aromatic heterocycles. The Labute approximate surface area is 246 Å². The number of aryl methyl sites for hydroxylation is 1. The third kappa shape index (κ3) is 4.93. The molecule has 2 aliphatic heterocycles. The van der Waals surface area contributed by atoms with Crippen molar-refractivity contribution >= 4 is 40.3 Å². The second-order valence-corrected chi connectivity index (χ2v) is 11.5. The summed E-state index contributed by atoms with van der Waals surface area (Å²) in [5.41, 5.74) is 6.28. The van der Waals surface area contributed by atoms with Crippen LogP contribution >= 0.6 is 23.8 Å². The number of nitrogens with one attached hydrogen (secondary N) is 1. The zero-order valence-electron chi connectivity index (χ0n) is 23.0. The lowest BCUT2D eigenvalue weighted by molar-refractivity contribution is 0.414. The number of anilines is 2. The smallest absolute Gasteiger partial charge is 0.174 e. The molecule has 2 aliphatic rings. The lowest BCUT2D eigenvalue weighted by Crippen LogP contribution is -2.33. The maximum absolute atomic E-state index is 6.97. The van der Waals surface area contributed by atoms with Crippen molar-refractivity contribution in [1.29, 1.82) is 0 Å². The van der Waals surface area contributed by atoms with Crippen molar-refractivity contribution in [3.8, 4) is 11.4 Å². The molecule has 2 atom stereocenters. The molecule has 8 heteroatoms. The highest BCUT2D eigenvalue weighted by atomic mass is 35.5. The molecule has 206 valence electrons. The predicted octanol–water partition coefficient (Wildman–Crippen LogP) is 7.26.